The van der Waals surface area contributed by atoms with Gasteiger partial charge in [-0.05, 0) is 155 Å². The average molecular weight is 973 g/mol. The van der Waals surface area contributed by atoms with E-state index < -0.39 is 0 Å². The van der Waals surface area contributed by atoms with E-state index in [0.717, 1.165) is 34.1 Å². The summed E-state index contributed by atoms with van der Waals surface area (Å²) in [6, 6.07) is 104. The van der Waals surface area contributed by atoms with Crippen LogP contribution in [0.1, 0.15) is 26.3 Å². The highest BCUT2D eigenvalue weighted by Gasteiger charge is 2.22. The van der Waals surface area contributed by atoms with E-state index in [0.29, 0.717) is 0 Å². The topological polar surface area (TPSA) is 6.48 Å². The third kappa shape index (κ3) is 8.54. The molecule has 0 spiro atoms. The molecule has 0 aromatic heterocycles. The molecule has 13 aromatic rings. The Morgan fingerprint density at radius 3 is 0.974 bits per heavy atom. The minimum Gasteiger partial charge on any atom is -0.310 e. The molecule has 0 unspecified atom stereocenters. The van der Waals surface area contributed by atoms with Gasteiger partial charge in [-0.1, -0.05) is 239 Å². The molecule has 0 fully saturated rings. The van der Waals surface area contributed by atoms with Gasteiger partial charge in [-0.25, -0.2) is 0 Å². The van der Waals surface area contributed by atoms with Crippen molar-refractivity contribution in [1.82, 2.24) is 0 Å². The second kappa shape index (κ2) is 19.4. The molecule has 0 radical (unpaired) electrons. The van der Waals surface area contributed by atoms with E-state index >= 15 is 0 Å². The largest absolute Gasteiger partial charge is 0.310 e. The maximum Gasteiger partial charge on any atom is 0.0540 e. The SMILES string of the molecule is CC(C)(C)c1ccc2c(-c3ccc(-c4ccc(N(c5ccccc5)c5cccc6ccccc56)cc4)cc3)c3ccccc3c(-c3ccc(-c4ccc(N(c5ccccc5)c5cccc6ccccc56)cc4)cc3)c2c1. The third-order valence-corrected chi connectivity index (χ3v) is 15.2. The van der Waals surface area contributed by atoms with Crippen LogP contribution in [0, 0.1) is 0 Å². The van der Waals surface area contributed by atoms with Gasteiger partial charge >= 0.3 is 0 Å². The lowest BCUT2D eigenvalue weighted by Crippen LogP contribution is -2.10. The van der Waals surface area contributed by atoms with Crippen LogP contribution in [0.4, 0.5) is 34.1 Å². The fraction of sp³-hybridized carbons (Fsp3) is 0.0541. The van der Waals surface area contributed by atoms with Gasteiger partial charge in [0.15, 0.2) is 0 Å². The third-order valence-electron chi connectivity index (χ3n) is 15.2. The van der Waals surface area contributed by atoms with Crippen molar-refractivity contribution in [3.05, 3.63) is 291 Å². The Balaban J connectivity index is 0.849. The van der Waals surface area contributed by atoms with Crippen LogP contribution in [0.3, 0.4) is 0 Å². The summed E-state index contributed by atoms with van der Waals surface area (Å²) < 4.78 is 0. The Morgan fingerprint density at radius 2 is 0.553 bits per heavy atom. The highest BCUT2D eigenvalue weighted by atomic mass is 15.1. The van der Waals surface area contributed by atoms with Crippen LogP contribution < -0.4 is 9.80 Å². The Morgan fingerprint density at radius 1 is 0.237 bits per heavy atom. The first-order chi connectivity index (χ1) is 37.3. The average Bonchev–Trinajstić information content (AvgIpc) is 3.49. The zero-order chi connectivity index (χ0) is 51.2. The number of rotatable bonds is 10. The normalized spacial score (nSPS) is 11.6. The summed E-state index contributed by atoms with van der Waals surface area (Å²) in [5.74, 6) is 0. The molecule has 0 saturated carbocycles. The Kier molecular flexibility index (Phi) is 11.8. The van der Waals surface area contributed by atoms with Gasteiger partial charge in [0.05, 0.1) is 11.4 Å². The summed E-state index contributed by atoms with van der Waals surface area (Å²) in [6.07, 6.45) is 0. The molecule has 13 rings (SSSR count). The predicted molar refractivity (Wildman–Crippen MR) is 326 cm³/mol. The summed E-state index contributed by atoms with van der Waals surface area (Å²) in [6.45, 7) is 6.93. The lowest BCUT2D eigenvalue weighted by Gasteiger charge is -2.27. The molecule has 13 aromatic carbocycles. The van der Waals surface area contributed by atoms with Crippen LogP contribution in [-0.4, -0.2) is 0 Å². The molecular weight excluding hydrogens is 917 g/mol. The number of fused-ring (bicyclic) bond motifs is 4. The quantitative estimate of drug-likeness (QED) is 0.126. The molecule has 0 heterocycles. The van der Waals surface area contributed by atoms with Crippen molar-refractivity contribution in [2.24, 2.45) is 0 Å². The van der Waals surface area contributed by atoms with Crippen molar-refractivity contribution in [3.63, 3.8) is 0 Å². The summed E-state index contributed by atoms with van der Waals surface area (Å²) in [5, 5.41) is 9.89. The maximum absolute atomic E-state index is 2.45. The molecule has 2 heteroatoms. The molecule has 0 N–H and O–H groups in total. The van der Waals surface area contributed by atoms with Crippen molar-refractivity contribution in [3.8, 4) is 44.5 Å². The Labute approximate surface area is 446 Å². The number of anilines is 6. The van der Waals surface area contributed by atoms with Gasteiger partial charge in [-0.2, -0.15) is 0 Å². The lowest BCUT2D eigenvalue weighted by molar-refractivity contribution is 0.591. The second-order valence-corrected chi connectivity index (χ2v) is 20.9. The van der Waals surface area contributed by atoms with Gasteiger partial charge in [-0.3, -0.25) is 0 Å². The van der Waals surface area contributed by atoms with Crippen LogP contribution in [-0.2, 0) is 5.41 Å². The fourth-order valence-corrected chi connectivity index (χ4v) is 11.3. The van der Waals surface area contributed by atoms with Gasteiger partial charge < -0.3 is 9.80 Å². The molecule has 76 heavy (non-hydrogen) atoms. The highest BCUT2D eigenvalue weighted by Crippen LogP contribution is 2.47. The van der Waals surface area contributed by atoms with Gasteiger partial charge in [0, 0.05) is 33.5 Å². The van der Waals surface area contributed by atoms with Crippen LogP contribution in [0.2, 0.25) is 0 Å². The van der Waals surface area contributed by atoms with Crippen molar-refractivity contribution >= 4 is 77.2 Å². The van der Waals surface area contributed by atoms with E-state index in [4.69, 9.17) is 0 Å². The van der Waals surface area contributed by atoms with Crippen LogP contribution >= 0.6 is 0 Å². The molecule has 0 aliphatic rings. The van der Waals surface area contributed by atoms with Crippen molar-refractivity contribution in [1.29, 1.82) is 0 Å². The summed E-state index contributed by atoms with van der Waals surface area (Å²) in [4.78, 5) is 4.72. The molecule has 0 aliphatic carbocycles. The zero-order valence-electron chi connectivity index (χ0n) is 43.0. The molecule has 362 valence electrons. The first kappa shape index (κ1) is 46.3. The Hall–Kier alpha value is -9.50. The van der Waals surface area contributed by atoms with Crippen molar-refractivity contribution < 1.29 is 0 Å². The lowest BCUT2D eigenvalue weighted by atomic mass is 9.81. The number of para-hydroxylation sites is 2. The molecule has 0 amide bonds. The highest BCUT2D eigenvalue weighted by molar-refractivity contribution is 6.21. The van der Waals surface area contributed by atoms with E-state index in [1.165, 1.54) is 93.2 Å². The number of hydrogen-bond acceptors (Lipinski definition) is 2. The van der Waals surface area contributed by atoms with Gasteiger partial charge in [0.25, 0.3) is 0 Å². The number of nitrogens with zero attached hydrogens (tertiary/aromatic N) is 2. The van der Waals surface area contributed by atoms with Crippen molar-refractivity contribution in [2.75, 3.05) is 9.80 Å². The molecule has 0 atom stereocenters. The smallest absolute Gasteiger partial charge is 0.0540 e. The van der Waals surface area contributed by atoms with Crippen LogP contribution in [0.15, 0.2) is 285 Å². The first-order valence-corrected chi connectivity index (χ1v) is 26.4. The minimum atomic E-state index is -0.0266. The predicted octanol–water partition coefficient (Wildman–Crippen LogP) is 21.2. The monoisotopic (exact) mass is 972 g/mol. The van der Waals surface area contributed by atoms with Gasteiger partial charge in [-0.15, -0.1) is 0 Å². The van der Waals surface area contributed by atoms with Crippen LogP contribution in [0.25, 0.3) is 87.6 Å². The second-order valence-electron chi connectivity index (χ2n) is 20.9. The summed E-state index contributed by atoms with van der Waals surface area (Å²) in [5.41, 5.74) is 17.7. The first-order valence-electron chi connectivity index (χ1n) is 26.4. The summed E-state index contributed by atoms with van der Waals surface area (Å²) >= 11 is 0. The fourth-order valence-electron chi connectivity index (χ4n) is 11.3. The maximum atomic E-state index is 2.45. The van der Waals surface area contributed by atoms with Gasteiger partial charge in [0.1, 0.15) is 0 Å². The molecular formula is C74H56N2. The van der Waals surface area contributed by atoms with E-state index in [-0.39, 0.29) is 5.41 Å². The number of benzene rings is 13. The molecule has 0 bridgehead atoms. The molecule has 0 aliphatic heterocycles. The molecule has 2 nitrogen and oxygen atoms in total. The number of hydrogen-bond donors (Lipinski definition) is 0. The van der Waals surface area contributed by atoms with Crippen LogP contribution in [0.5, 0.6) is 0 Å². The zero-order valence-corrected chi connectivity index (χ0v) is 43.0. The van der Waals surface area contributed by atoms with E-state index in [2.05, 4.69) is 316 Å². The van der Waals surface area contributed by atoms with E-state index in [1.54, 1.807) is 0 Å². The molecule has 0 saturated heterocycles. The van der Waals surface area contributed by atoms with E-state index in [1.807, 2.05) is 0 Å². The summed E-state index contributed by atoms with van der Waals surface area (Å²) in [7, 11) is 0. The minimum absolute atomic E-state index is 0.0266. The Bertz CT molecular complexity index is 4200. The van der Waals surface area contributed by atoms with Crippen molar-refractivity contribution in [2.45, 2.75) is 26.2 Å². The van der Waals surface area contributed by atoms with E-state index in [9.17, 15) is 0 Å². The van der Waals surface area contributed by atoms with Gasteiger partial charge in [0.2, 0.25) is 0 Å². The standard InChI is InChI=1S/C74H56N2/c1-74(2,3)59-44-49-68-69(50-59)73(58-38-34-52(35-39-58)54-42-47-63(48-43-54)76(61-24-8-5-9-25-61)71-31-17-21-56-19-11-13-27-65(56)71)67-29-15-14-28-66(67)72(68)57-36-32-51(33-37-57)53-40-45-62(46-41-53)75(60-22-6-4-7-23-60)70-30-16-20-55-18-10-12-26-64(55)70/h4-50H,1-3H3.